The van der Waals surface area contributed by atoms with Gasteiger partial charge in [-0.2, -0.15) is 0 Å². The largest absolute Gasteiger partial charge is 0.377 e. The summed E-state index contributed by atoms with van der Waals surface area (Å²) in [5.74, 6) is -5.32. The van der Waals surface area contributed by atoms with E-state index in [1.807, 2.05) is 19.1 Å². The molecular formula is C30H45N9O9. The lowest BCUT2D eigenvalue weighted by Gasteiger charge is -2.22. The number of rotatable bonds is 6. The topological polar surface area (TPSA) is 279 Å². The van der Waals surface area contributed by atoms with E-state index in [4.69, 9.17) is 5.73 Å². The molecule has 0 aromatic heterocycles. The van der Waals surface area contributed by atoms with Crippen LogP contribution in [-0.2, 0) is 44.8 Å². The third kappa shape index (κ3) is 15.0. The Labute approximate surface area is 277 Å². The minimum absolute atomic E-state index is 0.0651. The Balaban J connectivity index is 2.25. The van der Waals surface area contributed by atoms with E-state index in [0.717, 1.165) is 11.1 Å². The van der Waals surface area contributed by atoms with Crippen molar-refractivity contribution in [3.05, 3.63) is 35.4 Å². The van der Waals surface area contributed by atoms with E-state index >= 15 is 0 Å². The van der Waals surface area contributed by atoms with Gasteiger partial charge in [0, 0.05) is 26.3 Å². The lowest BCUT2D eigenvalue weighted by Crippen LogP contribution is -2.54. The fourth-order valence-electron chi connectivity index (χ4n) is 4.56. The maximum absolute atomic E-state index is 13.2. The van der Waals surface area contributed by atoms with Crippen molar-refractivity contribution in [1.29, 1.82) is 0 Å². The summed E-state index contributed by atoms with van der Waals surface area (Å²) >= 11 is 0. The zero-order chi connectivity index (χ0) is 35.6. The third-order valence-electron chi connectivity index (χ3n) is 7.21. The lowest BCUT2D eigenvalue weighted by molar-refractivity contribution is -0.132. The van der Waals surface area contributed by atoms with Gasteiger partial charge in [0.1, 0.15) is 24.4 Å². The summed E-state index contributed by atoms with van der Waals surface area (Å²) in [6.07, 6.45) is -1.36. The van der Waals surface area contributed by atoms with Gasteiger partial charge in [-0.15, -0.1) is 0 Å². The zero-order valence-corrected chi connectivity index (χ0v) is 27.0. The Morgan fingerprint density at radius 2 is 1.62 bits per heavy atom. The number of carbonyl (C=O) groups is 8. The number of hydrogen-bond donors (Lipinski definition) is 10. The Kier molecular flexibility index (Phi) is 16.4. The normalized spacial score (nSPS) is 22.9. The molecule has 0 bridgehead atoms. The number of aliphatic hydroxyl groups excluding tert-OH is 1. The van der Waals surface area contributed by atoms with Crippen LogP contribution in [0.2, 0.25) is 0 Å². The van der Waals surface area contributed by atoms with Crippen LogP contribution in [0.5, 0.6) is 0 Å². The molecule has 4 atom stereocenters. The van der Waals surface area contributed by atoms with Crippen LogP contribution >= 0.6 is 0 Å². The van der Waals surface area contributed by atoms with Gasteiger partial charge in [0.15, 0.2) is 0 Å². The maximum atomic E-state index is 13.2. The molecule has 8 amide bonds. The first-order valence-electron chi connectivity index (χ1n) is 15.4. The molecule has 264 valence electrons. The standard InChI is InChI=1S/C30H45N9O9/c1-17-6-3-4-7-19(17)12-22-30(48)35-13-24(42)34-15-26(44)37-20(28(31)46)8-5-11-32-23(41)10-9-21(29(47)36-16-27(45)39-22)38-25(43)14-33-18(2)40/h3-4,6-7,20-22,24,34,42H,5,8-16H2,1-2H3,(H2,31,46)(H,32,41)(H,33,40)(H,35,48)(H,36,47)(H,37,44)(H,38,43)(H,39,45). The monoisotopic (exact) mass is 675 g/mol. The second-order valence-corrected chi connectivity index (χ2v) is 11.2. The first-order chi connectivity index (χ1) is 22.7. The van der Waals surface area contributed by atoms with Crippen molar-refractivity contribution in [2.24, 2.45) is 5.73 Å². The van der Waals surface area contributed by atoms with Crippen molar-refractivity contribution >= 4 is 47.3 Å². The van der Waals surface area contributed by atoms with Crippen LogP contribution < -0.4 is 48.3 Å². The molecule has 1 saturated heterocycles. The van der Waals surface area contributed by atoms with E-state index in [2.05, 4.69) is 42.5 Å². The molecule has 1 aromatic carbocycles. The molecule has 1 aromatic rings. The Morgan fingerprint density at radius 3 is 2.31 bits per heavy atom. The van der Waals surface area contributed by atoms with E-state index in [0.29, 0.717) is 0 Å². The number of nitrogens with one attached hydrogen (secondary N) is 8. The van der Waals surface area contributed by atoms with Crippen molar-refractivity contribution in [2.45, 2.75) is 70.3 Å². The molecule has 18 heteroatoms. The molecule has 48 heavy (non-hydrogen) atoms. The van der Waals surface area contributed by atoms with Crippen molar-refractivity contribution in [3.8, 4) is 0 Å². The number of carbonyl (C=O) groups excluding carboxylic acids is 8. The fraction of sp³-hybridized carbons (Fsp3) is 0.533. The quantitative estimate of drug-likeness (QED) is 0.138. The molecule has 1 aliphatic rings. The molecule has 0 radical (unpaired) electrons. The number of β-amino-alcohol motifs (C(OH)–C–C–N with tert-alkyl or cyclic N) is 1. The molecule has 18 nitrogen and oxygen atoms in total. The summed E-state index contributed by atoms with van der Waals surface area (Å²) in [5.41, 5.74) is 7.00. The molecule has 2 rings (SSSR count). The smallest absolute Gasteiger partial charge is 0.243 e. The molecule has 1 heterocycles. The van der Waals surface area contributed by atoms with Crippen molar-refractivity contribution in [1.82, 2.24) is 42.5 Å². The summed E-state index contributed by atoms with van der Waals surface area (Å²) in [6.45, 7) is 1.37. The highest BCUT2D eigenvalue weighted by molar-refractivity contribution is 5.93. The molecule has 1 aliphatic heterocycles. The van der Waals surface area contributed by atoms with Crippen LogP contribution in [0.25, 0.3) is 0 Å². The number of benzene rings is 1. The SMILES string of the molecule is CC(=O)NCC(=O)NC1CCC(=O)NCCCC(C(N)=O)NC(=O)CNC(O)CNC(=O)C(Cc2ccccc2C)NC(=O)CNC1=O. The first-order valence-corrected chi connectivity index (χ1v) is 15.4. The summed E-state index contributed by atoms with van der Waals surface area (Å²) in [7, 11) is 0. The highest BCUT2D eigenvalue weighted by atomic mass is 16.3. The van der Waals surface area contributed by atoms with Crippen LogP contribution in [0.15, 0.2) is 24.3 Å². The summed E-state index contributed by atoms with van der Waals surface area (Å²) in [6, 6.07) is 3.72. The van der Waals surface area contributed by atoms with E-state index < -0.39 is 91.2 Å². The van der Waals surface area contributed by atoms with Crippen LogP contribution in [0.3, 0.4) is 0 Å². The molecule has 0 saturated carbocycles. The van der Waals surface area contributed by atoms with Crippen LogP contribution in [0.4, 0.5) is 0 Å². The highest BCUT2D eigenvalue weighted by Crippen LogP contribution is 2.10. The minimum Gasteiger partial charge on any atom is -0.377 e. The highest BCUT2D eigenvalue weighted by Gasteiger charge is 2.26. The summed E-state index contributed by atoms with van der Waals surface area (Å²) in [4.78, 5) is 99.5. The molecule has 4 unspecified atom stereocenters. The number of amides is 8. The van der Waals surface area contributed by atoms with Crippen LogP contribution in [0.1, 0.15) is 43.7 Å². The van der Waals surface area contributed by atoms with E-state index in [1.54, 1.807) is 12.1 Å². The third-order valence-corrected chi connectivity index (χ3v) is 7.21. The first kappa shape index (κ1) is 39.1. The van der Waals surface area contributed by atoms with E-state index in [1.165, 1.54) is 6.92 Å². The summed E-state index contributed by atoms with van der Waals surface area (Å²) in [5, 5.41) is 30.1. The average Bonchev–Trinajstić information content (AvgIpc) is 3.03. The van der Waals surface area contributed by atoms with Gasteiger partial charge in [0.25, 0.3) is 0 Å². The van der Waals surface area contributed by atoms with Crippen LogP contribution in [0, 0.1) is 6.92 Å². The number of aryl methyl sites for hydroxylation is 1. The number of nitrogens with two attached hydrogens (primary N) is 1. The van der Waals surface area contributed by atoms with Crippen molar-refractivity contribution in [3.63, 3.8) is 0 Å². The molecular weight excluding hydrogens is 630 g/mol. The molecule has 0 spiro atoms. The second-order valence-electron chi connectivity index (χ2n) is 11.2. The predicted octanol–water partition coefficient (Wildman–Crippen LogP) is -4.56. The lowest BCUT2D eigenvalue weighted by atomic mass is 10.0. The van der Waals surface area contributed by atoms with Gasteiger partial charge >= 0.3 is 0 Å². The van der Waals surface area contributed by atoms with Gasteiger partial charge in [0.05, 0.1) is 26.2 Å². The van der Waals surface area contributed by atoms with Crippen molar-refractivity contribution < 1.29 is 43.5 Å². The molecule has 11 N–H and O–H groups in total. The Bertz CT molecular complexity index is 1340. The van der Waals surface area contributed by atoms with Gasteiger partial charge in [-0.25, -0.2) is 0 Å². The van der Waals surface area contributed by atoms with Crippen LogP contribution in [-0.4, -0.2) is 109 Å². The molecule has 1 fully saturated rings. The minimum atomic E-state index is -1.38. The van der Waals surface area contributed by atoms with Gasteiger partial charge in [-0.1, -0.05) is 24.3 Å². The number of primary amides is 1. The Morgan fingerprint density at radius 1 is 0.917 bits per heavy atom. The fourth-order valence-corrected chi connectivity index (χ4v) is 4.56. The van der Waals surface area contributed by atoms with Gasteiger partial charge < -0.3 is 48.1 Å². The van der Waals surface area contributed by atoms with Crippen molar-refractivity contribution in [2.75, 3.05) is 32.7 Å². The predicted molar refractivity (Wildman–Crippen MR) is 170 cm³/mol. The van der Waals surface area contributed by atoms with Gasteiger partial charge in [-0.05, 0) is 37.3 Å². The Hall–Kier alpha value is -5.10. The number of hydrogen-bond acceptors (Lipinski definition) is 10. The number of aliphatic hydroxyl groups is 1. The molecule has 0 aliphatic carbocycles. The van der Waals surface area contributed by atoms with Gasteiger partial charge in [0.2, 0.25) is 47.3 Å². The zero-order valence-electron chi connectivity index (χ0n) is 27.0. The average molecular weight is 676 g/mol. The maximum Gasteiger partial charge on any atom is 0.243 e. The van der Waals surface area contributed by atoms with E-state index in [-0.39, 0.29) is 45.2 Å². The summed E-state index contributed by atoms with van der Waals surface area (Å²) < 4.78 is 0. The van der Waals surface area contributed by atoms with E-state index in [9.17, 15) is 43.5 Å². The second kappa shape index (κ2) is 20.2. The van der Waals surface area contributed by atoms with Gasteiger partial charge in [-0.3, -0.25) is 43.7 Å².